The Morgan fingerprint density at radius 2 is 2.26 bits per heavy atom. The molecule has 2 unspecified atom stereocenters. The molecule has 0 aromatic heterocycles. The van der Waals surface area contributed by atoms with E-state index in [9.17, 15) is 19.1 Å². The van der Waals surface area contributed by atoms with E-state index in [0.717, 1.165) is 23.3 Å². The SMILES string of the molecule is COc1ccc(C(NC(=O)CC2CSCCS2)C(=O)O)cc1F. The van der Waals surface area contributed by atoms with Gasteiger partial charge in [0.25, 0.3) is 0 Å². The van der Waals surface area contributed by atoms with Crippen molar-refractivity contribution in [3.05, 3.63) is 29.6 Å². The maximum atomic E-state index is 13.7. The second-order valence-electron chi connectivity index (χ2n) is 5.00. The van der Waals surface area contributed by atoms with Crippen molar-refractivity contribution in [2.24, 2.45) is 0 Å². The first-order valence-corrected chi connectivity index (χ1v) is 9.26. The number of carbonyl (C=O) groups excluding carboxylic acids is 1. The molecule has 0 saturated carbocycles. The molecule has 1 aliphatic heterocycles. The van der Waals surface area contributed by atoms with E-state index >= 15 is 0 Å². The average molecular weight is 359 g/mol. The number of amides is 1. The highest BCUT2D eigenvalue weighted by Gasteiger charge is 2.25. The highest BCUT2D eigenvalue weighted by molar-refractivity contribution is 8.06. The molecule has 126 valence electrons. The minimum Gasteiger partial charge on any atom is -0.494 e. The Morgan fingerprint density at radius 1 is 1.48 bits per heavy atom. The summed E-state index contributed by atoms with van der Waals surface area (Å²) in [6.07, 6.45) is 0.264. The van der Waals surface area contributed by atoms with Crippen LogP contribution in [0.1, 0.15) is 18.0 Å². The molecule has 2 N–H and O–H groups in total. The molecule has 0 bridgehead atoms. The van der Waals surface area contributed by atoms with E-state index in [4.69, 9.17) is 4.74 Å². The van der Waals surface area contributed by atoms with Gasteiger partial charge in [-0.25, -0.2) is 9.18 Å². The Bertz CT molecular complexity index is 579. The van der Waals surface area contributed by atoms with Crippen LogP contribution in [0.15, 0.2) is 18.2 Å². The van der Waals surface area contributed by atoms with Gasteiger partial charge in [-0.05, 0) is 17.7 Å². The second-order valence-corrected chi connectivity index (χ2v) is 7.56. The van der Waals surface area contributed by atoms with E-state index in [1.807, 2.05) is 0 Å². The van der Waals surface area contributed by atoms with Gasteiger partial charge in [-0.2, -0.15) is 23.5 Å². The third-order valence-corrected chi connectivity index (χ3v) is 6.20. The van der Waals surface area contributed by atoms with E-state index in [1.165, 1.54) is 19.2 Å². The van der Waals surface area contributed by atoms with Crippen molar-refractivity contribution in [2.75, 3.05) is 24.4 Å². The molecule has 5 nitrogen and oxygen atoms in total. The Morgan fingerprint density at radius 3 is 2.83 bits per heavy atom. The number of aliphatic carboxylic acids is 1. The molecule has 2 atom stereocenters. The predicted octanol–water partition coefficient (Wildman–Crippen LogP) is 2.31. The molecule has 23 heavy (non-hydrogen) atoms. The fourth-order valence-electron chi connectivity index (χ4n) is 2.23. The summed E-state index contributed by atoms with van der Waals surface area (Å²) in [7, 11) is 1.33. The van der Waals surface area contributed by atoms with Gasteiger partial charge in [-0.15, -0.1) is 0 Å². The van der Waals surface area contributed by atoms with E-state index in [0.29, 0.717) is 0 Å². The highest BCUT2D eigenvalue weighted by Crippen LogP contribution is 2.27. The molecule has 1 heterocycles. The van der Waals surface area contributed by atoms with Crippen LogP contribution in [0.5, 0.6) is 5.75 Å². The van der Waals surface area contributed by atoms with E-state index in [-0.39, 0.29) is 28.9 Å². The number of carboxylic acids is 1. The van der Waals surface area contributed by atoms with E-state index in [1.54, 1.807) is 23.5 Å². The molecular weight excluding hydrogens is 341 g/mol. The summed E-state index contributed by atoms with van der Waals surface area (Å²) in [6.45, 7) is 0. The van der Waals surface area contributed by atoms with Crippen molar-refractivity contribution in [3.63, 3.8) is 0 Å². The van der Waals surface area contributed by atoms with Crippen molar-refractivity contribution < 1.29 is 23.8 Å². The summed E-state index contributed by atoms with van der Waals surface area (Å²) in [5.74, 6) is 0.750. The maximum Gasteiger partial charge on any atom is 0.330 e. The normalized spacial score (nSPS) is 19.0. The fraction of sp³-hybridized carbons (Fsp3) is 0.467. The maximum absolute atomic E-state index is 13.7. The number of carboxylic acid groups (broad SMARTS) is 1. The van der Waals surface area contributed by atoms with Crippen LogP contribution in [0.4, 0.5) is 4.39 Å². The zero-order valence-corrected chi connectivity index (χ0v) is 14.2. The molecule has 2 rings (SSSR count). The fourth-order valence-corrected chi connectivity index (χ4v) is 4.91. The third-order valence-electron chi connectivity index (χ3n) is 3.36. The van der Waals surface area contributed by atoms with Crippen molar-refractivity contribution in [1.82, 2.24) is 5.32 Å². The molecule has 1 saturated heterocycles. The molecule has 1 fully saturated rings. The Labute approximate surface area is 142 Å². The first kappa shape index (κ1) is 17.9. The lowest BCUT2D eigenvalue weighted by Gasteiger charge is -2.22. The number of hydrogen-bond acceptors (Lipinski definition) is 5. The standard InChI is InChI=1S/C15H18FNO4S2/c1-21-12-3-2-9(6-11(12)16)14(15(19)20)17-13(18)7-10-8-22-4-5-23-10/h2-3,6,10,14H,4-5,7-8H2,1H3,(H,17,18)(H,19,20). The summed E-state index contributed by atoms with van der Waals surface area (Å²) >= 11 is 3.52. The van der Waals surface area contributed by atoms with Crippen LogP contribution < -0.4 is 10.1 Å². The number of rotatable bonds is 6. The summed E-state index contributed by atoms with van der Waals surface area (Å²) in [5, 5.41) is 12.0. The van der Waals surface area contributed by atoms with E-state index < -0.39 is 17.8 Å². The lowest BCUT2D eigenvalue weighted by atomic mass is 10.1. The van der Waals surface area contributed by atoms with Gasteiger partial charge < -0.3 is 15.2 Å². The summed E-state index contributed by atoms with van der Waals surface area (Å²) < 4.78 is 18.6. The summed E-state index contributed by atoms with van der Waals surface area (Å²) in [6, 6.07) is 2.58. The minimum atomic E-state index is -1.27. The monoisotopic (exact) mass is 359 g/mol. The molecule has 1 aliphatic rings. The number of thioether (sulfide) groups is 2. The van der Waals surface area contributed by atoms with Gasteiger partial charge in [0.15, 0.2) is 17.6 Å². The van der Waals surface area contributed by atoms with Gasteiger partial charge >= 0.3 is 5.97 Å². The highest BCUT2D eigenvalue weighted by atomic mass is 32.2. The van der Waals surface area contributed by atoms with Crippen molar-refractivity contribution >= 4 is 35.4 Å². The molecule has 8 heteroatoms. The first-order chi connectivity index (χ1) is 11.0. The third kappa shape index (κ3) is 5.04. The van der Waals surface area contributed by atoms with Crippen LogP contribution >= 0.6 is 23.5 Å². The predicted molar refractivity (Wildman–Crippen MR) is 89.7 cm³/mol. The van der Waals surface area contributed by atoms with Crippen LogP contribution in [0.2, 0.25) is 0 Å². The van der Waals surface area contributed by atoms with Crippen molar-refractivity contribution in [3.8, 4) is 5.75 Å². The molecule has 0 radical (unpaired) electrons. The number of carbonyl (C=O) groups is 2. The first-order valence-electron chi connectivity index (χ1n) is 7.06. The van der Waals surface area contributed by atoms with Crippen LogP contribution in [-0.4, -0.2) is 46.6 Å². The molecule has 1 aromatic carbocycles. The Balaban J connectivity index is 2.04. The summed E-state index contributed by atoms with van der Waals surface area (Å²) in [5.41, 5.74) is 0.176. The number of halogens is 1. The molecule has 0 aliphatic carbocycles. The lowest BCUT2D eigenvalue weighted by Crippen LogP contribution is -2.36. The largest absolute Gasteiger partial charge is 0.494 e. The zero-order valence-electron chi connectivity index (χ0n) is 12.6. The van der Waals surface area contributed by atoms with Gasteiger partial charge in [0.1, 0.15) is 0 Å². The number of nitrogens with one attached hydrogen (secondary N) is 1. The van der Waals surface area contributed by atoms with Crippen LogP contribution in [0.25, 0.3) is 0 Å². The zero-order chi connectivity index (χ0) is 16.8. The molecule has 1 aromatic rings. The molecule has 0 spiro atoms. The van der Waals surface area contributed by atoms with Crippen LogP contribution in [0.3, 0.4) is 0 Å². The average Bonchev–Trinajstić information content (AvgIpc) is 2.53. The Kier molecular flexibility index (Phi) is 6.59. The number of benzene rings is 1. The van der Waals surface area contributed by atoms with E-state index in [2.05, 4.69) is 5.32 Å². The van der Waals surface area contributed by atoms with Crippen LogP contribution in [-0.2, 0) is 9.59 Å². The van der Waals surface area contributed by atoms with Gasteiger partial charge in [-0.3, -0.25) is 4.79 Å². The van der Waals surface area contributed by atoms with Gasteiger partial charge in [0.05, 0.1) is 7.11 Å². The number of hydrogen-bond donors (Lipinski definition) is 2. The minimum absolute atomic E-state index is 0.0276. The van der Waals surface area contributed by atoms with Gasteiger partial charge in [0.2, 0.25) is 5.91 Å². The lowest BCUT2D eigenvalue weighted by molar-refractivity contribution is -0.142. The number of methoxy groups -OCH3 is 1. The second kappa shape index (κ2) is 8.44. The smallest absolute Gasteiger partial charge is 0.330 e. The number of ether oxygens (including phenoxy) is 1. The quantitative estimate of drug-likeness (QED) is 0.812. The summed E-state index contributed by atoms with van der Waals surface area (Å²) in [4.78, 5) is 23.5. The van der Waals surface area contributed by atoms with Gasteiger partial charge in [-0.1, -0.05) is 6.07 Å². The molecular formula is C15H18FNO4S2. The van der Waals surface area contributed by atoms with Crippen molar-refractivity contribution in [1.29, 1.82) is 0 Å². The molecule has 1 amide bonds. The van der Waals surface area contributed by atoms with Gasteiger partial charge in [0, 0.05) is 28.9 Å². The van der Waals surface area contributed by atoms with Crippen molar-refractivity contribution in [2.45, 2.75) is 17.7 Å². The van der Waals surface area contributed by atoms with Crippen LogP contribution in [0, 0.1) is 5.82 Å². The topological polar surface area (TPSA) is 75.6 Å². The Hall–Kier alpha value is -1.41.